The second-order valence-corrected chi connectivity index (χ2v) is 8.32. The Morgan fingerprint density at radius 3 is 2.23 bits per heavy atom. The van der Waals surface area contributed by atoms with Crippen LogP contribution in [0.2, 0.25) is 0 Å². The molecule has 3 nitrogen and oxygen atoms in total. The van der Waals surface area contributed by atoms with Crippen LogP contribution < -0.4 is 5.32 Å². The molecule has 3 rings (SSSR count). The molecule has 158 valence electrons. The Kier molecular flexibility index (Phi) is 6.14. The van der Waals surface area contributed by atoms with Gasteiger partial charge in [-0.05, 0) is 42.4 Å². The molecule has 2 aromatic carbocycles. The maximum Gasteiger partial charge on any atom is 0.446 e. The van der Waals surface area contributed by atoms with Crippen LogP contribution in [0.3, 0.4) is 0 Å². The fourth-order valence-electron chi connectivity index (χ4n) is 2.63. The number of hydrogen-bond donors (Lipinski definition) is 1. The number of benzene rings is 2. The van der Waals surface area contributed by atoms with E-state index in [4.69, 9.17) is 0 Å². The van der Waals surface area contributed by atoms with Gasteiger partial charge < -0.3 is 5.32 Å². The number of halogens is 6. The molecule has 1 aromatic heterocycles. The van der Waals surface area contributed by atoms with E-state index in [1.54, 1.807) is 18.2 Å². The Hall–Kier alpha value is -2.53. The van der Waals surface area contributed by atoms with E-state index < -0.39 is 28.2 Å². The number of carbonyl (C=O) groups is 1. The summed E-state index contributed by atoms with van der Waals surface area (Å²) in [6, 6.07) is 11.8. The monoisotopic (exact) mass is 462 g/mol. The van der Waals surface area contributed by atoms with E-state index in [-0.39, 0.29) is 27.4 Å². The summed E-state index contributed by atoms with van der Waals surface area (Å²) < 4.78 is 76.9. The number of hydrogen-bond acceptors (Lipinski definition) is 4. The van der Waals surface area contributed by atoms with Crippen LogP contribution in [0.15, 0.2) is 53.4 Å². The van der Waals surface area contributed by atoms with Crippen LogP contribution in [0.4, 0.5) is 32.0 Å². The van der Waals surface area contributed by atoms with Crippen LogP contribution in [0.5, 0.6) is 0 Å². The van der Waals surface area contributed by atoms with E-state index in [2.05, 4.69) is 10.3 Å². The van der Waals surface area contributed by atoms with Gasteiger partial charge >= 0.3 is 11.7 Å². The first-order valence-electron chi connectivity index (χ1n) is 8.25. The third-order valence-electron chi connectivity index (χ3n) is 3.78. The highest BCUT2D eigenvalue weighted by atomic mass is 32.2. The van der Waals surface area contributed by atoms with Crippen molar-refractivity contribution in [2.75, 3.05) is 5.32 Å². The van der Waals surface area contributed by atoms with Gasteiger partial charge in [-0.3, -0.25) is 4.79 Å². The van der Waals surface area contributed by atoms with E-state index in [1.807, 2.05) is 0 Å². The summed E-state index contributed by atoms with van der Waals surface area (Å²) in [5, 5.41) is 2.55. The zero-order valence-corrected chi connectivity index (χ0v) is 16.7. The van der Waals surface area contributed by atoms with E-state index >= 15 is 0 Å². The number of para-hydroxylation sites is 1. The van der Waals surface area contributed by atoms with Gasteiger partial charge in [0.15, 0.2) is 5.69 Å². The van der Waals surface area contributed by atoms with Crippen LogP contribution in [0, 0.1) is 6.92 Å². The number of amides is 1. The van der Waals surface area contributed by atoms with E-state index in [9.17, 15) is 31.1 Å². The molecule has 0 aliphatic heterocycles. The Balaban J connectivity index is 1.89. The summed E-state index contributed by atoms with van der Waals surface area (Å²) >= 11 is 0.366. The van der Waals surface area contributed by atoms with Gasteiger partial charge in [0.1, 0.15) is 4.88 Å². The molecule has 0 saturated carbocycles. The molecule has 30 heavy (non-hydrogen) atoms. The summed E-state index contributed by atoms with van der Waals surface area (Å²) in [4.78, 5) is 15.3. The summed E-state index contributed by atoms with van der Waals surface area (Å²) in [5.74, 6) is -0.968. The zero-order valence-electron chi connectivity index (χ0n) is 15.1. The van der Waals surface area contributed by atoms with Gasteiger partial charge in [0.2, 0.25) is 0 Å². The minimum absolute atomic E-state index is 0.0114. The summed E-state index contributed by atoms with van der Waals surface area (Å²) in [6.45, 7) is 1.37. The van der Waals surface area contributed by atoms with Gasteiger partial charge in [-0.2, -0.15) is 26.3 Å². The molecule has 1 heterocycles. The second kappa shape index (κ2) is 8.31. The summed E-state index contributed by atoms with van der Waals surface area (Å²) in [7, 11) is 0. The van der Waals surface area contributed by atoms with Gasteiger partial charge in [0.05, 0.1) is 5.01 Å². The SMILES string of the molecule is Cc1nc(C(F)(F)F)c(C(=O)Nc2ccccc2-c2ccc(SC(F)(F)F)cc2)s1. The highest BCUT2D eigenvalue weighted by Gasteiger charge is 2.39. The number of rotatable bonds is 4. The fraction of sp³-hybridized carbons (Fsp3) is 0.158. The highest BCUT2D eigenvalue weighted by molar-refractivity contribution is 8.00. The standard InChI is InChI=1S/C19H12F6N2OS2/c1-10-26-16(18(20,21)22)15(29-10)17(28)27-14-5-3-2-4-13(14)11-6-8-12(9-7-11)30-19(23,24)25/h2-9H,1H3,(H,27,28). The highest BCUT2D eigenvalue weighted by Crippen LogP contribution is 2.38. The smallest absolute Gasteiger partial charge is 0.321 e. The lowest BCUT2D eigenvalue weighted by atomic mass is 10.0. The number of thioether (sulfide) groups is 1. The number of carbonyl (C=O) groups excluding carboxylic acids is 1. The molecule has 0 fully saturated rings. The first-order chi connectivity index (χ1) is 13.9. The first kappa shape index (κ1) is 22.2. The average Bonchev–Trinajstić information content (AvgIpc) is 3.04. The van der Waals surface area contributed by atoms with Crippen molar-refractivity contribution in [1.29, 1.82) is 0 Å². The van der Waals surface area contributed by atoms with Gasteiger partial charge in [0, 0.05) is 16.1 Å². The van der Waals surface area contributed by atoms with Gasteiger partial charge in [-0.15, -0.1) is 11.3 Å². The number of aryl methyl sites for hydroxylation is 1. The van der Waals surface area contributed by atoms with Crippen molar-refractivity contribution in [3.05, 3.63) is 64.1 Å². The average molecular weight is 462 g/mol. The quantitative estimate of drug-likeness (QED) is 0.335. The third kappa shape index (κ3) is 5.33. The van der Waals surface area contributed by atoms with Crippen LogP contribution >= 0.6 is 23.1 Å². The molecule has 0 unspecified atom stereocenters. The number of aromatic nitrogens is 1. The molecule has 0 aliphatic carbocycles. The van der Waals surface area contributed by atoms with Gasteiger partial charge in [-0.1, -0.05) is 30.3 Å². The lowest BCUT2D eigenvalue weighted by Gasteiger charge is -2.12. The molecule has 1 N–H and O–H groups in total. The Bertz CT molecular complexity index is 1060. The summed E-state index contributed by atoms with van der Waals surface area (Å²) in [6.07, 6.45) is -4.77. The number of anilines is 1. The molecule has 1 amide bonds. The Morgan fingerprint density at radius 2 is 1.63 bits per heavy atom. The minimum Gasteiger partial charge on any atom is -0.321 e. The van der Waals surface area contributed by atoms with Crippen molar-refractivity contribution in [1.82, 2.24) is 4.98 Å². The third-order valence-corrected chi connectivity index (χ3v) is 5.49. The normalized spacial score (nSPS) is 12.1. The molecule has 0 bridgehead atoms. The molecule has 0 spiro atoms. The number of nitrogens with zero attached hydrogens (tertiary/aromatic N) is 1. The minimum atomic E-state index is -4.77. The molecule has 0 atom stereocenters. The van der Waals surface area contributed by atoms with Crippen molar-refractivity contribution < 1.29 is 31.1 Å². The molecule has 0 radical (unpaired) electrons. The fourth-order valence-corrected chi connectivity index (χ4v) is 4.01. The van der Waals surface area contributed by atoms with E-state index in [0.29, 0.717) is 22.5 Å². The van der Waals surface area contributed by atoms with Crippen molar-refractivity contribution in [3.63, 3.8) is 0 Å². The predicted octanol–water partition coefficient (Wildman–Crippen LogP) is 7.00. The maximum atomic E-state index is 13.1. The van der Waals surface area contributed by atoms with Crippen LogP contribution in [0.1, 0.15) is 20.4 Å². The molecular formula is C19H12F6N2OS2. The van der Waals surface area contributed by atoms with Gasteiger partial charge in [-0.25, -0.2) is 4.98 Å². The van der Waals surface area contributed by atoms with Crippen molar-refractivity contribution in [2.45, 2.75) is 23.5 Å². The van der Waals surface area contributed by atoms with Crippen molar-refractivity contribution >= 4 is 34.7 Å². The van der Waals surface area contributed by atoms with Crippen LogP contribution in [-0.2, 0) is 6.18 Å². The van der Waals surface area contributed by atoms with E-state index in [1.165, 1.54) is 37.3 Å². The zero-order chi connectivity index (χ0) is 22.1. The van der Waals surface area contributed by atoms with E-state index in [0.717, 1.165) is 0 Å². The predicted molar refractivity (Wildman–Crippen MR) is 104 cm³/mol. The Morgan fingerprint density at radius 1 is 1.00 bits per heavy atom. The number of nitrogens with one attached hydrogen (secondary N) is 1. The lowest BCUT2D eigenvalue weighted by molar-refractivity contribution is -0.141. The molecule has 0 saturated heterocycles. The van der Waals surface area contributed by atoms with Crippen molar-refractivity contribution in [3.8, 4) is 11.1 Å². The molecule has 0 aliphatic rings. The molecule has 11 heteroatoms. The number of alkyl halides is 6. The van der Waals surface area contributed by atoms with Crippen LogP contribution in [0.25, 0.3) is 11.1 Å². The van der Waals surface area contributed by atoms with Crippen molar-refractivity contribution in [2.24, 2.45) is 0 Å². The maximum absolute atomic E-state index is 13.1. The summed E-state index contributed by atoms with van der Waals surface area (Å²) in [5.41, 5.74) is -4.51. The first-order valence-corrected chi connectivity index (χ1v) is 9.88. The van der Waals surface area contributed by atoms with Crippen LogP contribution in [-0.4, -0.2) is 16.4 Å². The molecular weight excluding hydrogens is 450 g/mol. The lowest BCUT2D eigenvalue weighted by Crippen LogP contribution is -2.17. The Labute approximate surface area is 175 Å². The topological polar surface area (TPSA) is 42.0 Å². The second-order valence-electron chi connectivity index (χ2n) is 5.98. The number of thiazole rings is 1. The molecule has 3 aromatic rings. The van der Waals surface area contributed by atoms with Gasteiger partial charge in [0.25, 0.3) is 5.91 Å². The largest absolute Gasteiger partial charge is 0.446 e.